The summed E-state index contributed by atoms with van der Waals surface area (Å²) in [4.78, 5) is 27.2. The number of carbonyl (C=O) groups excluding carboxylic acids is 2. The first kappa shape index (κ1) is 24.4. The minimum Gasteiger partial charge on any atom is -0.507 e. The summed E-state index contributed by atoms with van der Waals surface area (Å²) in [5.41, 5.74) is 0.940. The Labute approximate surface area is 197 Å². The van der Waals surface area contributed by atoms with Crippen molar-refractivity contribution < 1.29 is 28.9 Å². The van der Waals surface area contributed by atoms with Gasteiger partial charge in [-0.15, -0.1) is 0 Å². The summed E-state index contributed by atoms with van der Waals surface area (Å²) in [6, 6.07) is 10.9. The molecule has 1 unspecified atom stereocenters. The van der Waals surface area contributed by atoms with Gasteiger partial charge in [-0.25, -0.2) is 0 Å². The van der Waals surface area contributed by atoms with Gasteiger partial charge in [0.2, 0.25) is 0 Å². The molecular weight excluding hydrogens is 446 g/mol. The van der Waals surface area contributed by atoms with Crippen molar-refractivity contribution in [3.8, 4) is 11.5 Å². The second-order valence-electron chi connectivity index (χ2n) is 7.23. The van der Waals surface area contributed by atoms with Gasteiger partial charge in [0, 0.05) is 19.2 Å². The van der Waals surface area contributed by atoms with Crippen LogP contribution in [0.15, 0.2) is 60.7 Å². The van der Waals surface area contributed by atoms with Gasteiger partial charge in [0.15, 0.2) is 0 Å². The van der Waals surface area contributed by atoms with Gasteiger partial charge in [-0.2, -0.15) is 0 Å². The van der Waals surface area contributed by atoms with Crippen molar-refractivity contribution in [2.24, 2.45) is 0 Å². The number of hydrogen-bond donors (Lipinski definition) is 1. The van der Waals surface area contributed by atoms with Crippen LogP contribution in [0.4, 0.5) is 0 Å². The predicted octanol–water partition coefficient (Wildman–Crippen LogP) is 4.37. The van der Waals surface area contributed by atoms with Crippen molar-refractivity contribution in [1.82, 2.24) is 4.90 Å². The van der Waals surface area contributed by atoms with E-state index in [-0.39, 0.29) is 29.5 Å². The quantitative estimate of drug-likeness (QED) is 0.240. The molecule has 1 saturated heterocycles. The molecule has 2 aromatic rings. The molecule has 2 aromatic carbocycles. The molecule has 174 valence electrons. The van der Waals surface area contributed by atoms with Crippen LogP contribution in [0.3, 0.4) is 0 Å². The van der Waals surface area contributed by atoms with E-state index in [0.29, 0.717) is 35.8 Å². The van der Waals surface area contributed by atoms with Crippen LogP contribution in [0.1, 0.15) is 24.1 Å². The number of benzene rings is 2. The third-order valence-electron chi connectivity index (χ3n) is 5.15. The summed E-state index contributed by atoms with van der Waals surface area (Å²) in [5, 5.41) is 11.4. The zero-order valence-electron chi connectivity index (χ0n) is 18.5. The van der Waals surface area contributed by atoms with Crippen LogP contribution in [0, 0.1) is 0 Å². The van der Waals surface area contributed by atoms with Gasteiger partial charge in [0.25, 0.3) is 11.7 Å². The van der Waals surface area contributed by atoms with E-state index in [1.165, 1.54) is 18.1 Å². The number of aliphatic hydroxyl groups excluding tert-OH is 1. The Kier molecular flexibility index (Phi) is 8.14. The Morgan fingerprint density at radius 1 is 1.18 bits per heavy atom. The van der Waals surface area contributed by atoms with Crippen molar-refractivity contribution in [3.63, 3.8) is 0 Å². The molecule has 1 aliphatic rings. The fraction of sp³-hybridized carbons (Fsp3) is 0.280. The number of halogens is 1. The Balaban J connectivity index is 2.08. The minimum absolute atomic E-state index is 0.0175. The molecule has 0 aliphatic carbocycles. The molecule has 8 heteroatoms. The number of nitrogens with zero attached hydrogens (tertiary/aromatic N) is 1. The zero-order valence-corrected chi connectivity index (χ0v) is 19.3. The number of aliphatic hydroxyl groups is 1. The number of rotatable bonds is 10. The van der Waals surface area contributed by atoms with E-state index in [9.17, 15) is 14.7 Å². The number of ether oxygens (including phenoxy) is 3. The smallest absolute Gasteiger partial charge is 0.295 e. The number of likely N-dealkylation sites (tertiary alicyclic amines) is 1. The Morgan fingerprint density at radius 3 is 2.52 bits per heavy atom. The lowest BCUT2D eigenvalue weighted by Gasteiger charge is -2.25. The number of ketones is 1. The first-order valence-corrected chi connectivity index (χ1v) is 10.8. The van der Waals surface area contributed by atoms with Gasteiger partial charge >= 0.3 is 0 Å². The number of Topliss-reactive ketones (excluding diaryl/α,β-unsaturated/α-hetero) is 1. The van der Waals surface area contributed by atoms with Crippen LogP contribution in [0.5, 0.6) is 11.5 Å². The summed E-state index contributed by atoms with van der Waals surface area (Å²) in [7, 11) is 1.51. The Morgan fingerprint density at radius 2 is 1.91 bits per heavy atom. The highest BCUT2D eigenvalue weighted by Crippen LogP contribution is 2.40. The number of amides is 1. The van der Waals surface area contributed by atoms with Crippen molar-refractivity contribution in [2.75, 3.05) is 33.5 Å². The fourth-order valence-corrected chi connectivity index (χ4v) is 3.86. The molecule has 0 aromatic heterocycles. The molecule has 1 N–H and O–H groups in total. The summed E-state index contributed by atoms with van der Waals surface area (Å²) in [6.45, 7) is 6.66. The summed E-state index contributed by atoms with van der Waals surface area (Å²) in [5.74, 6) is -0.711. The highest BCUT2D eigenvalue weighted by Gasteiger charge is 2.45. The van der Waals surface area contributed by atoms with Crippen molar-refractivity contribution >= 4 is 29.1 Å². The maximum Gasteiger partial charge on any atom is 0.295 e. The van der Waals surface area contributed by atoms with Gasteiger partial charge in [-0.05, 0) is 42.8 Å². The molecule has 1 aliphatic heterocycles. The lowest BCUT2D eigenvalue weighted by molar-refractivity contribution is -0.140. The maximum atomic E-state index is 13.0. The second kappa shape index (κ2) is 11.0. The van der Waals surface area contributed by atoms with Crippen LogP contribution in [0.25, 0.3) is 5.76 Å². The van der Waals surface area contributed by atoms with E-state index in [1.807, 2.05) is 6.92 Å². The normalized spacial score (nSPS) is 17.3. The molecule has 1 heterocycles. The molecule has 1 atom stereocenters. The molecule has 0 bridgehead atoms. The zero-order chi connectivity index (χ0) is 24.0. The van der Waals surface area contributed by atoms with Gasteiger partial charge in [0.05, 0.1) is 29.9 Å². The maximum absolute atomic E-state index is 13.0. The van der Waals surface area contributed by atoms with Crippen LogP contribution in [-0.4, -0.2) is 55.2 Å². The molecule has 1 amide bonds. The van der Waals surface area contributed by atoms with Crippen molar-refractivity contribution in [2.45, 2.75) is 13.0 Å². The Bertz CT molecular complexity index is 1060. The van der Waals surface area contributed by atoms with Gasteiger partial charge in [0.1, 0.15) is 23.9 Å². The van der Waals surface area contributed by atoms with E-state index < -0.39 is 17.7 Å². The highest BCUT2D eigenvalue weighted by atomic mass is 35.5. The van der Waals surface area contributed by atoms with Crippen LogP contribution in [-0.2, 0) is 14.3 Å². The largest absolute Gasteiger partial charge is 0.507 e. The monoisotopic (exact) mass is 471 g/mol. The minimum atomic E-state index is -0.793. The standard InChI is InChI=1S/C25H26ClNO6/c1-4-13-33-18-9-6-16(7-10-18)22-21(24(29)25(30)27(22)12-14-31-3)23(28)17-8-11-20(32-5-2)19(26)15-17/h4,6-11,15,22,28H,1,5,12-14H2,2-3H3. The molecular formula is C25H26ClNO6. The topological polar surface area (TPSA) is 85.3 Å². The van der Waals surface area contributed by atoms with E-state index in [1.54, 1.807) is 42.5 Å². The first-order valence-electron chi connectivity index (χ1n) is 10.5. The molecule has 3 rings (SSSR count). The molecule has 0 radical (unpaired) electrons. The summed E-state index contributed by atoms with van der Waals surface area (Å²) in [6.07, 6.45) is 1.63. The third-order valence-corrected chi connectivity index (χ3v) is 5.44. The number of methoxy groups -OCH3 is 1. The van der Waals surface area contributed by atoms with Gasteiger partial charge in [-0.1, -0.05) is 36.4 Å². The van der Waals surface area contributed by atoms with E-state index in [2.05, 4.69) is 6.58 Å². The fourth-order valence-electron chi connectivity index (χ4n) is 3.62. The van der Waals surface area contributed by atoms with Gasteiger partial charge in [-0.3, -0.25) is 9.59 Å². The van der Waals surface area contributed by atoms with Crippen molar-refractivity contribution in [3.05, 3.63) is 76.8 Å². The predicted molar refractivity (Wildman–Crippen MR) is 126 cm³/mol. The van der Waals surface area contributed by atoms with E-state index >= 15 is 0 Å². The molecule has 33 heavy (non-hydrogen) atoms. The van der Waals surface area contributed by atoms with E-state index in [0.717, 1.165) is 0 Å². The molecule has 0 saturated carbocycles. The summed E-state index contributed by atoms with van der Waals surface area (Å²) < 4.78 is 16.1. The third kappa shape index (κ3) is 5.21. The van der Waals surface area contributed by atoms with Crippen LogP contribution < -0.4 is 9.47 Å². The number of carbonyl (C=O) groups is 2. The first-order chi connectivity index (χ1) is 15.9. The average Bonchev–Trinajstić information content (AvgIpc) is 3.07. The van der Waals surface area contributed by atoms with E-state index in [4.69, 9.17) is 25.8 Å². The lowest BCUT2D eigenvalue weighted by Crippen LogP contribution is -2.32. The average molecular weight is 472 g/mol. The SMILES string of the molecule is C=CCOc1ccc(C2C(=C(O)c3ccc(OCC)c(Cl)c3)C(=O)C(=O)N2CCOC)cc1. The molecule has 1 fully saturated rings. The molecule has 7 nitrogen and oxygen atoms in total. The second-order valence-corrected chi connectivity index (χ2v) is 7.64. The van der Waals surface area contributed by atoms with Crippen LogP contribution in [0.2, 0.25) is 5.02 Å². The van der Waals surface area contributed by atoms with Gasteiger partial charge < -0.3 is 24.2 Å². The van der Waals surface area contributed by atoms with Crippen LogP contribution >= 0.6 is 11.6 Å². The highest BCUT2D eigenvalue weighted by molar-refractivity contribution is 6.46. The molecule has 0 spiro atoms. The number of hydrogen-bond acceptors (Lipinski definition) is 6. The lowest BCUT2D eigenvalue weighted by atomic mass is 9.95. The summed E-state index contributed by atoms with van der Waals surface area (Å²) >= 11 is 6.28. The van der Waals surface area contributed by atoms with Crippen molar-refractivity contribution in [1.29, 1.82) is 0 Å². The Hall–Kier alpha value is -3.29.